The first kappa shape index (κ1) is 14.5. The van der Waals surface area contributed by atoms with E-state index in [1.54, 1.807) is 12.1 Å². The second-order valence-corrected chi connectivity index (χ2v) is 6.12. The summed E-state index contributed by atoms with van der Waals surface area (Å²) in [5, 5.41) is 0.0970. The van der Waals surface area contributed by atoms with Crippen LogP contribution in [0.25, 0.3) is 0 Å². The van der Waals surface area contributed by atoms with E-state index < -0.39 is 10.0 Å². The second-order valence-electron chi connectivity index (χ2n) is 4.05. The number of hydrogen-bond donors (Lipinski definition) is 1. The van der Waals surface area contributed by atoms with Crippen molar-refractivity contribution >= 4 is 33.1 Å². The van der Waals surface area contributed by atoms with Crippen LogP contribution in [0.5, 0.6) is 0 Å². The van der Waals surface area contributed by atoms with Crippen LogP contribution in [0.2, 0.25) is 5.15 Å². The number of sulfonamides is 1. The summed E-state index contributed by atoms with van der Waals surface area (Å²) in [6.45, 7) is 1.44. The first-order chi connectivity index (χ1) is 9.38. The molecule has 0 unspecified atom stereocenters. The van der Waals surface area contributed by atoms with Crippen molar-refractivity contribution in [2.75, 3.05) is 4.72 Å². The maximum Gasteiger partial charge on any atom is 0.262 e. The van der Waals surface area contributed by atoms with Gasteiger partial charge in [-0.15, -0.1) is 0 Å². The van der Waals surface area contributed by atoms with Gasteiger partial charge in [0.25, 0.3) is 10.0 Å². The molecule has 0 aliphatic carbocycles. The molecule has 0 fully saturated rings. The topological polar surface area (TPSA) is 76.1 Å². The third-order valence-corrected chi connectivity index (χ3v) is 4.14. The minimum absolute atomic E-state index is 0.0214. The van der Waals surface area contributed by atoms with E-state index in [1.165, 1.54) is 37.4 Å². The highest BCUT2D eigenvalue weighted by atomic mass is 35.5. The van der Waals surface area contributed by atoms with E-state index in [9.17, 15) is 13.2 Å². The van der Waals surface area contributed by atoms with Crippen molar-refractivity contribution in [1.29, 1.82) is 0 Å². The van der Waals surface area contributed by atoms with Gasteiger partial charge in [-0.25, -0.2) is 13.4 Å². The highest BCUT2D eigenvalue weighted by Gasteiger charge is 2.14. The van der Waals surface area contributed by atoms with Crippen LogP contribution in [0.4, 0.5) is 5.69 Å². The predicted octanol–water partition coefficient (Wildman–Crippen LogP) is 2.74. The molecular weight excluding hydrogens is 300 g/mol. The van der Waals surface area contributed by atoms with Gasteiger partial charge in [0.2, 0.25) is 0 Å². The summed E-state index contributed by atoms with van der Waals surface area (Å²) in [5.41, 5.74) is 0.878. The molecule has 1 heterocycles. The Morgan fingerprint density at radius 1 is 1.20 bits per heavy atom. The van der Waals surface area contributed by atoms with E-state index in [0.29, 0.717) is 11.3 Å². The van der Waals surface area contributed by atoms with Gasteiger partial charge in [-0.05, 0) is 43.3 Å². The summed E-state index contributed by atoms with van der Waals surface area (Å²) in [4.78, 5) is 14.9. The van der Waals surface area contributed by atoms with Crippen molar-refractivity contribution in [2.24, 2.45) is 0 Å². The fourth-order valence-electron chi connectivity index (χ4n) is 1.54. The fraction of sp³-hybridized carbons (Fsp3) is 0.0769. The molecule has 7 heteroatoms. The summed E-state index contributed by atoms with van der Waals surface area (Å²) < 4.78 is 26.6. The van der Waals surface area contributed by atoms with Crippen LogP contribution in [-0.4, -0.2) is 19.2 Å². The van der Waals surface area contributed by atoms with Gasteiger partial charge in [-0.2, -0.15) is 0 Å². The monoisotopic (exact) mass is 310 g/mol. The van der Waals surface area contributed by atoms with Crippen molar-refractivity contribution in [3.63, 3.8) is 0 Å². The smallest absolute Gasteiger partial charge is 0.262 e. The van der Waals surface area contributed by atoms with E-state index in [1.807, 2.05) is 0 Å². The summed E-state index contributed by atoms with van der Waals surface area (Å²) in [7, 11) is -3.73. The molecule has 1 N–H and O–H groups in total. The van der Waals surface area contributed by atoms with Gasteiger partial charge in [0.15, 0.2) is 5.78 Å². The number of aromatic nitrogens is 1. The summed E-state index contributed by atoms with van der Waals surface area (Å²) in [5.74, 6) is -0.0830. The molecule has 20 heavy (non-hydrogen) atoms. The van der Waals surface area contributed by atoms with Gasteiger partial charge in [0.1, 0.15) is 5.15 Å². The Kier molecular flexibility index (Phi) is 4.06. The number of pyridine rings is 1. The standard InChI is InChI=1S/C13H11ClN2O3S/c1-9(17)10-2-4-11(5-3-10)16-20(18,19)12-6-7-15-13(14)8-12/h2-8,16H,1H3. The number of carbonyl (C=O) groups excluding carboxylic acids is 1. The van der Waals surface area contributed by atoms with Crippen molar-refractivity contribution in [1.82, 2.24) is 4.98 Å². The zero-order valence-corrected chi connectivity index (χ0v) is 12.1. The Labute approximate surface area is 121 Å². The van der Waals surface area contributed by atoms with Gasteiger partial charge >= 0.3 is 0 Å². The van der Waals surface area contributed by atoms with E-state index in [4.69, 9.17) is 11.6 Å². The lowest BCUT2D eigenvalue weighted by Gasteiger charge is -2.08. The number of nitrogens with zero attached hydrogens (tertiary/aromatic N) is 1. The quantitative estimate of drug-likeness (QED) is 0.696. The molecule has 2 aromatic rings. The van der Waals surface area contributed by atoms with Crippen LogP contribution < -0.4 is 4.72 Å². The number of nitrogens with one attached hydrogen (secondary N) is 1. The Balaban J connectivity index is 2.26. The van der Waals surface area contributed by atoms with E-state index in [-0.39, 0.29) is 15.8 Å². The number of anilines is 1. The summed E-state index contributed by atoms with van der Waals surface area (Å²) >= 11 is 5.67. The number of ketones is 1. The molecule has 5 nitrogen and oxygen atoms in total. The molecule has 0 aliphatic heterocycles. The highest BCUT2D eigenvalue weighted by Crippen LogP contribution is 2.18. The maximum atomic E-state index is 12.1. The van der Waals surface area contributed by atoms with Crippen molar-refractivity contribution in [2.45, 2.75) is 11.8 Å². The molecular formula is C13H11ClN2O3S. The van der Waals surface area contributed by atoms with Gasteiger partial charge in [-0.3, -0.25) is 9.52 Å². The zero-order valence-electron chi connectivity index (χ0n) is 10.5. The van der Waals surface area contributed by atoms with Crippen molar-refractivity contribution < 1.29 is 13.2 Å². The molecule has 1 aromatic carbocycles. The van der Waals surface area contributed by atoms with Crippen molar-refractivity contribution in [3.05, 3.63) is 53.3 Å². The van der Waals surface area contributed by atoms with Crippen LogP contribution in [0, 0.1) is 0 Å². The number of hydrogen-bond acceptors (Lipinski definition) is 4. The van der Waals surface area contributed by atoms with Crippen LogP contribution in [0.1, 0.15) is 17.3 Å². The lowest BCUT2D eigenvalue weighted by molar-refractivity contribution is 0.101. The highest BCUT2D eigenvalue weighted by molar-refractivity contribution is 7.92. The molecule has 0 atom stereocenters. The molecule has 0 radical (unpaired) electrons. The van der Waals surface area contributed by atoms with Crippen LogP contribution in [0.15, 0.2) is 47.5 Å². The normalized spacial score (nSPS) is 11.1. The Bertz CT molecular complexity index is 742. The number of Topliss-reactive ketones (excluding diaryl/α,β-unsaturated/α-hetero) is 1. The summed E-state index contributed by atoms with van der Waals surface area (Å²) in [6.07, 6.45) is 1.32. The van der Waals surface area contributed by atoms with Gasteiger partial charge in [0, 0.05) is 17.4 Å². The SMILES string of the molecule is CC(=O)c1ccc(NS(=O)(=O)c2ccnc(Cl)c2)cc1. The number of rotatable bonds is 4. The van der Waals surface area contributed by atoms with Crippen LogP contribution in [0.3, 0.4) is 0 Å². The maximum absolute atomic E-state index is 12.1. The number of benzene rings is 1. The zero-order chi connectivity index (χ0) is 14.8. The third kappa shape index (κ3) is 3.34. The Hall–Kier alpha value is -1.92. The lowest BCUT2D eigenvalue weighted by Crippen LogP contribution is -2.13. The molecule has 2 rings (SSSR count). The van der Waals surface area contributed by atoms with Crippen LogP contribution >= 0.6 is 11.6 Å². The van der Waals surface area contributed by atoms with E-state index in [2.05, 4.69) is 9.71 Å². The Morgan fingerprint density at radius 2 is 1.85 bits per heavy atom. The average Bonchev–Trinajstić information content (AvgIpc) is 2.39. The molecule has 0 amide bonds. The predicted molar refractivity (Wildman–Crippen MR) is 76.5 cm³/mol. The Morgan fingerprint density at radius 3 is 2.40 bits per heavy atom. The minimum Gasteiger partial charge on any atom is -0.295 e. The van der Waals surface area contributed by atoms with Crippen molar-refractivity contribution in [3.8, 4) is 0 Å². The van der Waals surface area contributed by atoms with E-state index >= 15 is 0 Å². The van der Waals surface area contributed by atoms with Gasteiger partial charge in [0.05, 0.1) is 4.90 Å². The number of carbonyl (C=O) groups is 1. The molecule has 0 bridgehead atoms. The van der Waals surface area contributed by atoms with Crippen LogP contribution in [-0.2, 0) is 10.0 Å². The fourth-order valence-corrected chi connectivity index (χ4v) is 2.85. The molecule has 0 saturated carbocycles. The third-order valence-electron chi connectivity index (χ3n) is 2.55. The molecule has 0 spiro atoms. The molecule has 104 valence electrons. The van der Waals surface area contributed by atoms with Gasteiger partial charge < -0.3 is 0 Å². The molecule has 0 saturated heterocycles. The minimum atomic E-state index is -3.73. The van der Waals surface area contributed by atoms with E-state index in [0.717, 1.165) is 0 Å². The summed E-state index contributed by atoms with van der Waals surface area (Å²) in [6, 6.07) is 8.76. The molecule has 0 aliphatic rings. The lowest BCUT2D eigenvalue weighted by atomic mass is 10.1. The first-order valence-electron chi connectivity index (χ1n) is 5.64. The first-order valence-corrected chi connectivity index (χ1v) is 7.50. The average molecular weight is 311 g/mol. The molecule has 1 aromatic heterocycles. The van der Waals surface area contributed by atoms with Gasteiger partial charge in [-0.1, -0.05) is 11.6 Å². The second kappa shape index (κ2) is 5.60. The number of halogens is 1. The largest absolute Gasteiger partial charge is 0.295 e.